The van der Waals surface area contributed by atoms with Crippen molar-refractivity contribution in [2.75, 3.05) is 16.4 Å². The molecule has 2 amide bonds. The summed E-state index contributed by atoms with van der Waals surface area (Å²) in [6.07, 6.45) is 0. The summed E-state index contributed by atoms with van der Waals surface area (Å²) in [5.74, 6) is 0.605. The highest BCUT2D eigenvalue weighted by Crippen LogP contribution is 2.27. The Labute approximate surface area is 180 Å². The van der Waals surface area contributed by atoms with Crippen molar-refractivity contribution in [3.63, 3.8) is 0 Å². The average Bonchev–Trinajstić information content (AvgIpc) is 3.11. The Balaban J connectivity index is 1.72. The predicted molar refractivity (Wildman–Crippen MR) is 121 cm³/mol. The number of aromatic nitrogens is 3. The van der Waals surface area contributed by atoms with Crippen LogP contribution in [0.4, 0.5) is 11.4 Å². The van der Waals surface area contributed by atoms with E-state index in [1.807, 2.05) is 61.7 Å². The molecule has 2 aromatic carbocycles. The van der Waals surface area contributed by atoms with Gasteiger partial charge >= 0.3 is 0 Å². The van der Waals surface area contributed by atoms with E-state index >= 15 is 0 Å². The largest absolute Gasteiger partial charge is 0.325 e. The molecule has 0 saturated heterocycles. The Kier molecular flexibility index (Phi) is 6.89. The summed E-state index contributed by atoms with van der Waals surface area (Å²) in [6.45, 7) is 8.13. The van der Waals surface area contributed by atoms with Gasteiger partial charge in [-0.25, -0.2) is 0 Å². The third kappa shape index (κ3) is 5.07. The molecule has 0 bridgehead atoms. The van der Waals surface area contributed by atoms with Crippen molar-refractivity contribution >= 4 is 35.0 Å². The van der Waals surface area contributed by atoms with E-state index in [9.17, 15) is 9.59 Å². The summed E-state index contributed by atoms with van der Waals surface area (Å²) < 4.78 is 2.01. The van der Waals surface area contributed by atoms with E-state index in [4.69, 9.17) is 0 Å². The van der Waals surface area contributed by atoms with Gasteiger partial charge in [-0.05, 0) is 44.0 Å². The molecule has 2 N–H and O–H groups in total. The van der Waals surface area contributed by atoms with E-state index < -0.39 is 0 Å². The number of hydrogen-bond acceptors (Lipinski definition) is 5. The molecular formula is C22H25N5O2S. The number of aryl methyl sites for hydroxylation is 2. The standard InChI is InChI=1S/C22H25N5O2S/c1-5-27-21(17-9-7-6-8-15(17)3)25-26-22(27)30-13-20(29)24-19-12-14(2)10-11-18(19)23-16(4)28/h6-12H,5,13H2,1-4H3,(H,23,28)(H,24,29). The fraction of sp³-hybridized carbons (Fsp3) is 0.273. The van der Waals surface area contributed by atoms with Crippen molar-refractivity contribution in [3.05, 3.63) is 53.6 Å². The van der Waals surface area contributed by atoms with Crippen LogP contribution in [0.2, 0.25) is 0 Å². The zero-order valence-electron chi connectivity index (χ0n) is 17.5. The topological polar surface area (TPSA) is 88.9 Å². The fourth-order valence-electron chi connectivity index (χ4n) is 3.08. The first-order chi connectivity index (χ1) is 14.4. The van der Waals surface area contributed by atoms with Crippen LogP contribution in [0.15, 0.2) is 47.6 Å². The highest BCUT2D eigenvalue weighted by atomic mass is 32.2. The van der Waals surface area contributed by atoms with Gasteiger partial charge in [-0.2, -0.15) is 0 Å². The smallest absolute Gasteiger partial charge is 0.234 e. The lowest BCUT2D eigenvalue weighted by molar-refractivity contribution is -0.115. The lowest BCUT2D eigenvalue weighted by Crippen LogP contribution is -2.17. The molecule has 1 aromatic heterocycles. The van der Waals surface area contributed by atoms with Crippen LogP contribution in [-0.4, -0.2) is 32.3 Å². The van der Waals surface area contributed by atoms with Gasteiger partial charge in [-0.1, -0.05) is 42.1 Å². The third-order valence-corrected chi connectivity index (χ3v) is 5.48. The van der Waals surface area contributed by atoms with Gasteiger partial charge < -0.3 is 15.2 Å². The van der Waals surface area contributed by atoms with Gasteiger partial charge in [0.25, 0.3) is 0 Å². The lowest BCUT2D eigenvalue weighted by atomic mass is 10.1. The summed E-state index contributed by atoms with van der Waals surface area (Å²) >= 11 is 1.33. The maximum Gasteiger partial charge on any atom is 0.234 e. The molecule has 0 fully saturated rings. The van der Waals surface area contributed by atoms with Gasteiger partial charge in [0.2, 0.25) is 11.8 Å². The Hall–Kier alpha value is -3.13. The van der Waals surface area contributed by atoms with Crippen molar-refractivity contribution in [2.24, 2.45) is 0 Å². The number of nitrogens with zero attached hydrogens (tertiary/aromatic N) is 3. The predicted octanol–water partition coefficient (Wildman–Crippen LogP) is 4.27. The number of rotatable bonds is 7. The number of nitrogens with one attached hydrogen (secondary N) is 2. The number of benzene rings is 2. The number of carbonyl (C=O) groups excluding carboxylic acids is 2. The lowest BCUT2D eigenvalue weighted by Gasteiger charge is -2.12. The van der Waals surface area contributed by atoms with E-state index in [1.54, 1.807) is 6.07 Å². The number of thioether (sulfide) groups is 1. The highest BCUT2D eigenvalue weighted by molar-refractivity contribution is 7.99. The van der Waals surface area contributed by atoms with Crippen LogP contribution in [0.1, 0.15) is 25.0 Å². The van der Waals surface area contributed by atoms with Gasteiger partial charge in [0, 0.05) is 19.0 Å². The Bertz CT molecular complexity index is 1080. The van der Waals surface area contributed by atoms with Gasteiger partial charge in [-0.3, -0.25) is 9.59 Å². The second-order valence-corrected chi connectivity index (χ2v) is 7.87. The maximum atomic E-state index is 12.6. The molecule has 8 heteroatoms. The first kappa shape index (κ1) is 21.6. The van der Waals surface area contributed by atoms with Crippen LogP contribution in [0.5, 0.6) is 0 Å². The number of anilines is 2. The molecule has 0 aliphatic rings. The van der Waals surface area contributed by atoms with Crippen LogP contribution < -0.4 is 10.6 Å². The van der Waals surface area contributed by atoms with Gasteiger partial charge in [-0.15, -0.1) is 10.2 Å². The third-order valence-electron chi connectivity index (χ3n) is 4.51. The molecule has 7 nitrogen and oxygen atoms in total. The molecule has 0 radical (unpaired) electrons. The average molecular weight is 424 g/mol. The molecular weight excluding hydrogens is 398 g/mol. The van der Waals surface area contributed by atoms with Gasteiger partial charge in [0.05, 0.1) is 17.1 Å². The molecule has 156 valence electrons. The molecule has 0 spiro atoms. The quantitative estimate of drug-likeness (QED) is 0.554. The minimum atomic E-state index is -0.191. The van der Waals surface area contributed by atoms with Crippen LogP contribution in [-0.2, 0) is 16.1 Å². The molecule has 3 aromatic rings. The van der Waals surface area contributed by atoms with Crippen LogP contribution in [0, 0.1) is 13.8 Å². The molecule has 0 aliphatic heterocycles. The van der Waals surface area contributed by atoms with Crippen molar-refractivity contribution < 1.29 is 9.59 Å². The summed E-state index contributed by atoms with van der Waals surface area (Å²) in [5.41, 5.74) is 4.29. The van der Waals surface area contributed by atoms with Gasteiger partial charge in [0.1, 0.15) is 0 Å². The highest BCUT2D eigenvalue weighted by Gasteiger charge is 2.16. The Morgan fingerprint density at radius 2 is 1.80 bits per heavy atom. The van der Waals surface area contributed by atoms with Crippen molar-refractivity contribution in [1.29, 1.82) is 0 Å². The van der Waals surface area contributed by atoms with E-state index in [1.165, 1.54) is 18.7 Å². The Morgan fingerprint density at radius 1 is 1.03 bits per heavy atom. The van der Waals surface area contributed by atoms with E-state index in [2.05, 4.69) is 20.8 Å². The molecule has 1 heterocycles. The Morgan fingerprint density at radius 3 is 2.50 bits per heavy atom. The molecule has 0 saturated carbocycles. The van der Waals surface area contributed by atoms with Crippen molar-refractivity contribution in [2.45, 2.75) is 39.4 Å². The molecule has 0 atom stereocenters. The van der Waals surface area contributed by atoms with Crippen LogP contribution in [0.25, 0.3) is 11.4 Å². The van der Waals surface area contributed by atoms with Crippen LogP contribution >= 0.6 is 11.8 Å². The van der Waals surface area contributed by atoms with E-state index in [0.717, 1.165) is 22.5 Å². The molecule has 0 aliphatic carbocycles. The number of carbonyl (C=O) groups is 2. The number of amides is 2. The minimum Gasteiger partial charge on any atom is -0.325 e. The second-order valence-electron chi connectivity index (χ2n) is 6.93. The molecule has 3 rings (SSSR count). The summed E-state index contributed by atoms with van der Waals surface area (Å²) in [7, 11) is 0. The van der Waals surface area contributed by atoms with E-state index in [-0.39, 0.29) is 17.6 Å². The minimum absolute atomic E-state index is 0.180. The van der Waals surface area contributed by atoms with Gasteiger partial charge in [0.15, 0.2) is 11.0 Å². The molecule has 0 unspecified atom stereocenters. The van der Waals surface area contributed by atoms with Crippen molar-refractivity contribution in [1.82, 2.24) is 14.8 Å². The first-order valence-corrected chi connectivity index (χ1v) is 10.7. The monoisotopic (exact) mass is 423 g/mol. The second kappa shape index (κ2) is 9.58. The first-order valence-electron chi connectivity index (χ1n) is 9.69. The van der Waals surface area contributed by atoms with Crippen molar-refractivity contribution in [3.8, 4) is 11.4 Å². The number of hydrogen-bond donors (Lipinski definition) is 2. The van der Waals surface area contributed by atoms with Crippen LogP contribution in [0.3, 0.4) is 0 Å². The van der Waals surface area contributed by atoms with E-state index in [0.29, 0.717) is 23.1 Å². The maximum absolute atomic E-state index is 12.6. The SMILES string of the molecule is CCn1c(SCC(=O)Nc2cc(C)ccc2NC(C)=O)nnc1-c1ccccc1C. The summed E-state index contributed by atoms with van der Waals surface area (Å²) in [5, 5.41) is 15.0. The zero-order chi connectivity index (χ0) is 21.7. The summed E-state index contributed by atoms with van der Waals surface area (Å²) in [6, 6.07) is 13.5. The summed E-state index contributed by atoms with van der Waals surface area (Å²) in [4.78, 5) is 24.0. The fourth-order valence-corrected chi connectivity index (χ4v) is 3.88. The molecule has 30 heavy (non-hydrogen) atoms. The normalized spacial score (nSPS) is 10.7. The zero-order valence-corrected chi connectivity index (χ0v) is 18.3.